The predicted octanol–water partition coefficient (Wildman–Crippen LogP) is 2.51. The summed E-state index contributed by atoms with van der Waals surface area (Å²) in [5.74, 6) is -2.68. The number of thiophene rings is 1. The Bertz CT molecular complexity index is 1080. The number of hydrogen-bond donors (Lipinski definition) is 4. The van der Waals surface area contributed by atoms with Gasteiger partial charge in [-0.2, -0.15) is 0 Å². The highest BCUT2D eigenvalue weighted by atomic mass is 32.1. The topological polar surface area (TPSA) is 142 Å². The summed E-state index contributed by atoms with van der Waals surface area (Å²) in [5.41, 5.74) is 2.06. The fourth-order valence-electron chi connectivity index (χ4n) is 3.07. The van der Waals surface area contributed by atoms with Crippen molar-refractivity contribution in [3.05, 3.63) is 41.5 Å². The van der Waals surface area contributed by atoms with Crippen LogP contribution in [0.15, 0.2) is 36.7 Å². The number of hydrogen-bond acceptors (Lipinski definition) is 7. The van der Waals surface area contributed by atoms with E-state index in [1.54, 1.807) is 11.3 Å². The lowest BCUT2D eigenvalue weighted by Gasteiger charge is -2.13. The Labute approximate surface area is 175 Å². The van der Waals surface area contributed by atoms with Crippen molar-refractivity contribution in [2.24, 2.45) is 0 Å². The van der Waals surface area contributed by atoms with Gasteiger partial charge in [0.1, 0.15) is 23.0 Å². The molecule has 10 heteroatoms. The highest BCUT2D eigenvalue weighted by molar-refractivity contribution is 7.19. The maximum absolute atomic E-state index is 12.0. The zero-order valence-electron chi connectivity index (χ0n) is 16.1. The third-order valence-electron chi connectivity index (χ3n) is 4.38. The van der Waals surface area contributed by atoms with Gasteiger partial charge < -0.3 is 20.8 Å². The van der Waals surface area contributed by atoms with Gasteiger partial charge in [-0.25, -0.2) is 14.8 Å². The van der Waals surface area contributed by atoms with Crippen molar-refractivity contribution < 1.29 is 24.6 Å². The van der Waals surface area contributed by atoms with E-state index in [9.17, 15) is 14.4 Å². The number of carboxylic acid groups (broad SMARTS) is 2. The number of amides is 1. The zero-order valence-corrected chi connectivity index (χ0v) is 16.9. The first-order valence-corrected chi connectivity index (χ1v) is 9.95. The molecule has 4 N–H and O–H groups in total. The molecule has 0 aliphatic carbocycles. The summed E-state index contributed by atoms with van der Waals surface area (Å²) >= 11 is 1.55. The van der Waals surface area contributed by atoms with Gasteiger partial charge in [-0.1, -0.05) is 30.3 Å². The van der Waals surface area contributed by atoms with E-state index in [-0.39, 0.29) is 13.0 Å². The second kappa shape index (κ2) is 9.31. The second-order valence-electron chi connectivity index (χ2n) is 6.53. The molecule has 30 heavy (non-hydrogen) atoms. The Balaban J connectivity index is 1.73. The van der Waals surface area contributed by atoms with E-state index in [2.05, 4.69) is 20.6 Å². The SMILES string of the molecule is Cc1sc2ncnc(NCCC(=O)NC(CC(=O)O)C(=O)O)c2c1-c1ccccc1. The van der Waals surface area contributed by atoms with Crippen LogP contribution in [0, 0.1) is 6.92 Å². The molecule has 0 spiro atoms. The molecule has 3 aromatic rings. The lowest BCUT2D eigenvalue weighted by atomic mass is 10.0. The van der Waals surface area contributed by atoms with E-state index in [0.29, 0.717) is 5.82 Å². The van der Waals surface area contributed by atoms with Gasteiger partial charge in [-0.05, 0) is 12.5 Å². The van der Waals surface area contributed by atoms with Crippen molar-refractivity contribution in [2.45, 2.75) is 25.8 Å². The molecule has 0 bridgehead atoms. The Morgan fingerprint density at radius 1 is 1.13 bits per heavy atom. The van der Waals surface area contributed by atoms with E-state index in [1.807, 2.05) is 37.3 Å². The molecular formula is C20H20N4O5S. The van der Waals surface area contributed by atoms with Gasteiger partial charge in [0.2, 0.25) is 5.91 Å². The number of carbonyl (C=O) groups excluding carboxylic acids is 1. The normalized spacial score (nSPS) is 11.8. The Kier molecular flexibility index (Phi) is 6.58. The smallest absolute Gasteiger partial charge is 0.326 e. The molecule has 0 radical (unpaired) electrons. The molecule has 0 fully saturated rings. The van der Waals surface area contributed by atoms with Crippen LogP contribution >= 0.6 is 11.3 Å². The van der Waals surface area contributed by atoms with Crippen LogP contribution in [-0.4, -0.2) is 50.6 Å². The largest absolute Gasteiger partial charge is 0.481 e. The van der Waals surface area contributed by atoms with Gasteiger partial charge in [-0.15, -0.1) is 11.3 Å². The summed E-state index contributed by atoms with van der Waals surface area (Å²) in [6.07, 6.45) is 0.719. The van der Waals surface area contributed by atoms with E-state index in [4.69, 9.17) is 10.2 Å². The molecule has 2 aromatic heterocycles. The average molecular weight is 428 g/mol. The number of carbonyl (C=O) groups is 3. The molecule has 3 rings (SSSR count). The molecule has 1 aromatic carbocycles. The maximum Gasteiger partial charge on any atom is 0.326 e. The number of nitrogens with zero attached hydrogens (tertiary/aromatic N) is 2. The highest BCUT2D eigenvalue weighted by Crippen LogP contribution is 2.40. The first kappa shape index (κ1) is 21.2. The third kappa shape index (κ3) is 4.90. The number of nitrogens with one attached hydrogen (secondary N) is 2. The van der Waals surface area contributed by atoms with Crippen LogP contribution < -0.4 is 10.6 Å². The molecule has 156 valence electrons. The molecule has 1 unspecified atom stereocenters. The standard InChI is InChI=1S/C20H20N4O5S/c1-11-16(12-5-3-2-4-6-12)17-18(22-10-23-19(17)30-11)21-8-7-14(25)24-13(20(28)29)9-15(26)27/h2-6,10,13H,7-9H2,1H3,(H,24,25)(H,26,27)(H,28,29)(H,21,22,23). The molecule has 1 amide bonds. The van der Waals surface area contributed by atoms with Gasteiger partial charge in [-0.3, -0.25) is 9.59 Å². The van der Waals surface area contributed by atoms with Crippen molar-refractivity contribution in [1.82, 2.24) is 15.3 Å². The van der Waals surface area contributed by atoms with Crippen molar-refractivity contribution in [1.29, 1.82) is 0 Å². The molecule has 0 aliphatic heterocycles. The van der Waals surface area contributed by atoms with Crippen molar-refractivity contribution in [3.8, 4) is 11.1 Å². The summed E-state index contributed by atoms with van der Waals surface area (Å²) in [6.45, 7) is 2.21. The fourth-order valence-corrected chi connectivity index (χ4v) is 4.08. The summed E-state index contributed by atoms with van der Waals surface area (Å²) in [6, 6.07) is 8.40. The first-order valence-electron chi connectivity index (χ1n) is 9.14. The lowest BCUT2D eigenvalue weighted by molar-refractivity contribution is -0.147. The number of anilines is 1. The number of aryl methyl sites for hydroxylation is 1. The van der Waals surface area contributed by atoms with Crippen LogP contribution in [0.3, 0.4) is 0 Å². The van der Waals surface area contributed by atoms with Crippen molar-refractivity contribution in [2.75, 3.05) is 11.9 Å². The predicted molar refractivity (Wildman–Crippen MR) is 113 cm³/mol. The van der Waals surface area contributed by atoms with Crippen LogP contribution in [0.1, 0.15) is 17.7 Å². The fraction of sp³-hybridized carbons (Fsp3) is 0.250. The minimum absolute atomic E-state index is 0.0430. The Morgan fingerprint density at radius 3 is 2.53 bits per heavy atom. The van der Waals surface area contributed by atoms with Crippen molar-refractivity contribution >= 4 is 45.2 Å². The van der Waals surface area contributed by atoms with E-state index in [0.717, 1.165) is 26.2 Å². The molecule has 1 atom stereocenters. The molecule has 2 heterocycles. The number of benzene rings is 1. The zero-order chi connectivity index (χ0) is 21.7. The molecule has 0 saturated heterocycles. The third-order valence-corrected chi connectivity index (χ3v) is 5.40. The molecule has 9 nitrogen and oxygen atoms in total. The van der Waals surface area contributed by atoms with E-state index < -0.39 is 30.3 Å². The van der Waals surface area contributed by atoms with Gasteiger partial charge in [0.25, 0.3) is 0 Å². The van der Waals surface area contributed by atoms with Crippen LogP contribution in [0.25, 0.3) is 21.3 Å². The van der Waals surface area contributed by atoms with Gasteiger partial charge in [0.05, 0.1) is 11.8 Å². The van der Waals surface area contributed by atoms with Crippen LogP contribution in [0.2, 0.25) is 0 Å². The first-order chi connectivity index (χ1) is 14.4. The van der Waals surface area contributed by atoms with Crippen LogP contribution in [0.4, 0.5) is 5.82 Å². The maximum atomic E-state index is 12.0. The van der Waals surface area contributed by atoms with Crippen LogP contribution in [0.5, 0.6) is 0 Å². The summed E-state index contributed by atoms with van der Waals surface area (Å²) < 4.78 is 0. The summed E-state index contributed by atoms with van der Waals surface area (Å²) in [5, 5.41) is 24.0. The Hall–Kier alpha value is -3.53. The average Bonchev–Trinajstić information content (AvgIpc) is 3.04. The molecule has 0 saturated carbocycles. The van der Waals surface area contributed by atoms with Gasteiger partial charge >= 0.3 is 11.9 Å². The minimum Gasteiger partial charge on any atom is -0.481 e. The van der Waals surface area contributed by atoms with Gasteiger partial charge in [0.15, 0.2) is 0 Å². The van der Waals surface area contributed by atoms with Crippen molar-refractivity contribution in [3.63, 3.8) is 0 Å². The highest BCUT2D eigenvalue weighted by Gasteiger charge is 2.23. The number of carboxylic acids is 2. The van der Waals surface area contributed by atoms with E-state index >= 15 is 0 Å². The second-order valence-corrected chi connectivity index (χ2v) is 7.74. The molecule has 0 aliphatic rings. The monoisotopic (exact) mass is 428 g/mol. The number of aliphatic carboxylic acids is 2. The van der Waals surface area contributed by atoms with Gasteiger partial charge in [0, 0.05) is 23.4 Å². The summed E-state index contributed by atoms with van der Waals surface area (Å²) in [7, 11) is 0. The number of aromatic nitrogens is 2. The van der Waals surface area contributed by atoms with Crippen LogP contribution in [-0.2, 0) is 14.4 Å². The minimum atomic E-state index is -1.47. The Morgan fingerprint density at radius 2 is 1.87 bits per heavy atom. The summed E-state index contributed by atoms with van der Waals surface area (Å²) in [4.78, 5) is 44.4. The van der Waals surface area contributed by atoms with E-state index in [1.165, 1.54) is 6.33 Å². The number of rotatable bonds is 9. The molecular weight excluding hydrogens is 408 g/mol. The lowest BCUT2D eigenvalue weighted by Crippen LogP contribution is -2.42. The number of fused-ring (bicyclic) bond motifs is 1. The quantitative estimate of drug-likeness (QED) is 0.407.